The van der Waals surface area contributed by atoms with Crippen molar-refractivity contribution in [1.29, 1.82) is 0 Å². The number of hydrogen-bond donors (Lipinski definition) is 3. The molecule has 132 valence electrons. The zero-order valence-electron chi connectivity index (χ0n) is 15.1. The summed E-state index contributed by atoms with van der Waals surface area (Å²) in [5, 5.41) is 8.80. The SMILES string of the molecule is CC.CCCC(=O)NCCCCCCCNC(=O)CNCC. The minimum absolute atomic E-state index is 0.0745. The van der Waals surface area contributed by atoms with Crippen molar-refractivity contribution in [1.82, 2.24) is 16.0 Å². The van der Waals surface area contributed by atoms with Crippen LogP contribution in [0.4, 0.5) is 0 Å². The topological polar surface area (TPSA) is 70.2 Å². The fourth-order valence-electron chi connectivity index (χ4n) is 1.85. The Morgan fingerprint density at radius 2 is 1.27 bits per heavy atom. The molecule has 0 heterocycles. The summed E-state index contributed by atoms with van der Waals surface area (Å²) in [6.45, 7) is 10.8. The number of likely N-dealkylation sites (N-methyl/N-ethyl adjacent to an activating group) is 1. The zero-order valence-corrected chi connectivity index (χ0v) is 15.1. The first kappa shape index (κ1) is 23.2. The van der Waals surface area contributed by atoms with E-state index in [-0.39, 0.29) is 11.8 Å². The second-order valence-electron chi connectivity index (χ2n) is 5.00. The maximum absolute atomic E-state index is 11.3. The highest BCUT2D eigenvalue weighted by Gasteiger charge is 1.99. The van der Waals surface area contributed by atoms with Gasteiger partial charge in [0.1, 0.15) is 0 Å². The van der Waals surface area contributed by atoms with Crippen LogP contribution in [0.5, 0.6) is 0 Å². The van der Waals surface area contributed by atoms with Crippen molar-refractivity contribution in [3.63, 3.8) is 0 Å². The first-order valence-electron chi connectivity index (χ1n) is 8.94. The van der Waals surface area contributed by atoms with E-state index < -0.39 is 0 Å². The summed E-state index contributed by atoms with van der Waals surface area (Å²) in [6, 6.07) is 0. The molecule has 0 aromatic carbocycles. The van der Waals surface area contributed by atoms with E-state index in [4.69, 9.17) is 0 Å². The average molecular weight is 316 g/mol. The zero-order chi connectivity index (χ0) is 17.1. The maximum Gasteiger partial charge on any atom is 0.233 e. The molecule has 0 spiro atoms. The van der Waals surface area contributed by atoms with Gasteiger partial charge < -0.3 is 16.0 Å². The van der Waals surface area contributed by atoms with Crippen molar-refractivity contribution in [3.05, 3.63) is 0 Å². The van der Waals surface area contributed by atoms with Gasteiger partial charge in [-0.2, -0.15) is 0 Å². The molecule has 2 amide bonds. The van der Waals surface area contributed by atoms with Crippen molar-refractivity contribution >= 4 is 11.8 Å². The van der Waals surface area contributed by atoms with Gasteiger partial charge in [0.05, 0.1) is 6.54 Å². The fraction of sp³-hybridized carbons (Fsp3) is 0.882. The third kappa shape index (κ3) is 18.9. The van der Waals surface area contributed by atoms with Crippen LogP contribution in [-0.2, 0) is 9.59 Å². The highest BCUT2D eigenvalue weighted by Crippen LogP contribution is 2.01. The van der Waals surface area contributed by atoms with Crippen molar-refractivity contribution in [2.24, 2.45) is 0 Å². The quantitative estimate of drug-likeness (QED) is 0.458. The summed E-state index contributed by atoms with van der Waals surface area (Å²) in [6.07, 6.45) is 7.04. The first-order valence-corrected chi connectivity index (χ1v) is 8.94. The molecular formula is C17H37N3O2. The largest absolute Gasteiger partial charge is 0.356 e. The van der Waals surface area contributed by atoms with Crippen LogP contribution in [0.15, 0.2) is 0 Å². The molecule has 0 saturated carbocycles. The Morgan fingerprint density at radius 1 is 0.773 bits per heavy atom. The summed E-state index contributed by atoms with van der Waals surface area (Å²) >= 11 is 0. The molecule has 0 aliphatic heterocycles. The third-order valence-corrected chi connectivity index (χ3v) is 3.01. The van der Waals surface area contributed by atoms with E-state index in [9.17, 15) is 9.59 Å². The van der Waals surface area contributed by atoms with Gasteiger partial charge in [-0.05, 0) is 25.8 Å². The van der Waals surface area contributed by atoms with Gasteiger partial charge in [-0.1, -0.05) is 47.0 Å². The van der Waals surface area contributed by atoms with E-state index in [2.05, 4.69) is 16.0 Å². The van der Waals surface area contributed by atoms with Crippen LogP contribution in [0.2, 0.25) is 0 Å². The number of rotatable bonds is 13. The second-order valence-corrected chi connectivity index (χ2v) is 5.00. The molecule has 5 heteroatoms. The Balaban J connectivity index is 0. The molecule has 0 aliphatic rings. The number of carbonyl (C=O) groups is 2. The summed E-state index contributed by atoms with van der Waals surface area (Å²) in [5.41, 5.74) is 0. The van der Waals surface area contributed by atoms with Crippen LogP contribution in [0.3, 0.4) is 0 Å². The lowest BCUT2D eigenvalue weighted by Gasteiger charge is -2.06. The summed E-state index contributed by atoms with van der Waals surface area (Å²) < 4.78 is 0. The van der Waals surface area contributed by atoms with Gasteiger partial charge in [0.25, 0.3) is 0 Å². The Hall–Kier alpha value is -1.10. The molecule has 0 rings (SSSR count). The normalized spacial score (nSPS) is 9.64. The molecule has 0 atom stereocenters. The highest BCUT2D eigenvalue weighted by molar-refractivity contribution is 5.77. The van der Waals surface area contributed by atoms with Crippen molar-refractivity contribution < 1.29 is 9.59 Å². The number of nitrogens with one attached hydrogen (secondary N) is 3. The summed E-state index contributed by atoms with van der Waals surface area (Å²) in [5.74, 6) is 0.237. The lowest BCUT2D eigenvalue weighted by Crippen LogP contribution is -2.34. The standard InChI is InChI=1S/C15H31N3O2.C2H6/c1-3-10-14(19)17-11-8-6-5-7-9-12-18-15(20)13-16-4-2;1-2/h16H,3-13H2,1-2H3,(H,17,19)(H,18,20);1-2H3. The van der Waals surface area contributed by atoms with Crippen molar-refractivity contribution in [2.75, 3.05) is 26.2 Å². The van der Waals surface area contributed by atoms with E-state index in [1.807, 2.05) is 27.7 Å². The van der Waals surface area contributed by atoms with Crippen molar-refractivity contribution in [2.45, 2.75) is 72.6 Å². The number of unbranched alkanes of at least 4 members (excludes halogenated alkanes) is 4. The molecule has 3 N–H and O–H groups in total. The number of hydrogen-bond acceptors (Lipinski definition) is 3. The summed E-state index contributed by atoms with van der Waals surface area (Å²) in [7, 11) is 0. The van der Waals surface area contributed by atoms with Crippen LogP contribution in [0.25, 0.3) is 0 Å². The van der Waals surface area contributed by atoms with E-state index in [1.54, 1.807) is 0 Å². The van der Waals surface area contributed by atoms with Gasteiger partial charge in [-0.15, -0.1) is 0 Å². The lowest BCUT2D eigenvalue weighted by atomic mass is 10.1. The average Bonchev–Trinajstić information content (AvgIpc) is 2.53. The van der Waals surface area contributed by atoms with Gasteiger partial charge in [0.15, 0.2) is 0 Å². The molecule has 0 aromatic rings. The molecule has 0 radical (unpaired) electrons. The second kappa shape index (κ2) is 19.9. The molecule has 0 aromatic heterocycles. The highest BCUT2D eigenvalue weighted by atomic mass is 16.2. The van der Waals surface area contributed by atoms with Gasteiger partial charge in [-0.3, -0.25) is 9.59 Å². The van der Waals surface area contributed by atoms with Crippen LogP contribution < -0.4 is 16.0 Å². The number of carbonyl (C=O) groups excluding carboxylic acids is 2. The smallest absolute Gasteiger partial charge is 0.233 e. The van der Waals surface area contributed by atoms with E-state index in [0.717, 1.165) is 58.2 Å². The van der Waals surface area contributed by atoms with E-state index >= 15 is 0 Å². The maximum atomic E-state index is 11.3. The molecule has 22 heavy (non-hydrogen) atoms. The summed E-state index contributed by atoms with van der Waals surface area (Å²) in [4.78, 5) is 22.5. The molecule has 0 bridgehead atoms. The van der Waals surface area contributed by atoms with Crippen LogP contribution in [-0.4, -0.2) is 38.0 Å². The van der Waals surface area contributed by atoms with Gasteiger partial charge in [0, 0.05) is 19.5 Å². The Morgan fingerprint density at radius 3 is 1.77 bits per heavy atom. The van der Waals surface area contributed by atoms with Crippen molar-refractivity contribution in [3.8, 4) is 0 Å². The minimum atomic E-state index is 0.0745. The Bertz CT molecular complexity index is 258. The first-order chi connectivity index (χ1) is 10.7. The molecule has 0 fully saturated rings. The molecule has 5 nitrogen and oxygen atoms in total. The van der Waals surface area contributed by atoms with E-state index in [1.165, 1.54) is 0 Å². The minimum Gasteiger partial charge on any atom is -0.356 e. The third-order valence-electron chi connectivity index (χ3n) is 3.01. The van der Waals surface area contributed by atoms with Gasteiger partial charge in [0.2, 0.25) is 11.8 Å². The van der Waals surface area contributed by atoms with Crippen LogP contribution >= 0.6 is 0 Å². The monoisotopic (exact) mass is 315 g/mol. The fourth-order valence-corrected chi connectivity index (χ4v) is 1.85. The Kier molecular flexibility index (Phi) is 21.0. The predicted molar refractivity (Wildman–Crippen MR) is 93.9 cm³/mol. The van der Waals surface area contributed by atoms with Gasteiger partial charge in [-0.25, -0.2) is 0 Å². The molecular weight excluding hydrogens is 278 g/mol. The molecule has 0 aliphatic carbocycles. The number of amides is 2. The predicted octanol–water partition coefficient (Wildman–Crippen LogP) is 2.61. The van der Waals surface area contributed by atoms with Crippen LogP contribution in [0, 0.1) is 0 Å². The lowest BCUT2D eigenvalue weighted by molar-refractivity contribution is -0.121. The Labute approximate surface area is 137 Å². The van der Waals surface area contributed by atoms with Gasteiger partial charge >= 0.3 is 0 Å². The molecule has 0 unspecified atom stereocenters. The van der Waals surface area contributed by atoms with Crippen LogP contribution in [0.1, 0.15) is 72.6 Å². The molecule has 0 saturated heterocycles. The van der Waals surface area contributed by atoms with E-state index in [0.29, 0.717) is 13.0 Å².